The van der Waals surface area contributed by atoms with Gasteiger partial charge in [0.2, 0.25) is 0 Å². The summed E-state index contributed by atoms with van der Waals surface area (Å²) in [6.07, 6.45) is 1.81. The highest BCUT2D eigenvalue weighted by Gasteiger charge is 2.41. The second-order valence-corrected chi connectivity index (χ2v) is 9.71. The highest BCUT2D eigenvalue weighted by molar-refractivity contribution is 7.89. The summed E-state index contributed by atoms with van der Waals surface area (Å²) in [7, 11) is -1.70. The lowest BCUT2D eigenvalue weighted by Gasteiger charge is -2.35. The normalized spacial score (nSPS) is 25.5. The van der Waals surface area contributed by atoms with Crippen molar-refractivity contribution in [2.75, 3.05) is 32.8 Å². The van der Waals surface area contributed by atoms with Crippen LogP contribution in [-0.2, 0) is 26.6 Å². The first-order chi connectivity index (χ1) is 14.0. The molecule has 170 valence electrons. The first-order valence-electron chi connectivity index (χ1n) is 9.60. The third-order valence-electron chi connectivity index (χ3n) is 5.33. The molecule has 3 fully saturated rings. The van der Waals surface area contributed by atoms with E-state index in [2.05, 4.69) is 9.88 Å². The summed E-state index contributed by atoms with van der Waals surface area (Å²) in [6.45, 7) is 3.67. The van der Waals surface area contributed by atoms with Crippen LogP contribution in [0.2, 0.25) is 0 Å². The molecule has 0 spiro atoms. The number of halogens is 3. The van der Waals surface area contributed by atoms with Crippen molar-refractivity contribution in [2.45, 2.75) is 42.6 Å². The average Bonchev–Trinajstić information content (AvgIpc) is 3.23. The van der Waals surface area contributed by atoms with E-state index >= 15 is 0 Å². The molecule has 2 saturated heterocycles. The maximum atomic E-state index is 12.7. The summed E-state index contributed by atoms with van der Waals surface area (Å²) in [6, 6.07) is 0.270. The number of hydrogen-bond acceptors (Lipinski definition) is 6. The smallest absolute Gasteiger partial charge is 0.475 e. The van der Waals surface area contributed by atoms with E-state index in [1.165, 1.54) is 19.2 Å². The molecule has 1 saturated carbocycles. The number of aliphatic carboxylic acids is 1. The van der Waals surface area contributed by atoms with Gasteiger partial charge >= 0.3 is 12.1 Å². The van der Waals surface area contributed by atoms with E-state index in [9.17, 15) is 21.6 Å². The number of hydrogen-bond donors (Lipinski definition) is 1. The van der Waals surface area contributed by atoms with Crippen molar-refractivity contribution in [1.82, 2.24) is 18.8 Å². The lowest BCUT2D eigenvalue weighted by molar-refractivity contribution is -0.192. The largest absolute Gasteiger partial charge is 0.490 e. The molecule has 4 rings (SSSR count). The van der Waals surface area contributed by atoms with Gasteiger partial charge in [0.05, 0.1) is 12.4 Å². The molecule has 1 N–H and O–H groups in total. The van der Waals surface area contributed by atoms with E-state index in [1.54, 1.807) is 22.1 Å². The predicted molar refractivity (Wildman–Crippen MR) is 98.1 cm³/mol. The van der Waals surface area contributed by atoms with Gasteiger partial charge in [0, 0.05) is 52.1 Å². The van der Waals surface area contributed by atoms with E-state index < -0.39 is 22.2 Å². The number of imidazole rings is 1. The summed E-state index contributed by atoms with van der Waals surface area (Å²) in [5, 5.41) is 7.27. The van der Waals surface area contributed by atoms with Crippen molar-refractivity contribution in [3.8, 4) is 0 Å². The van der Waals surface area contributed by atoms with Crippen LogP contribution in [0.1, 0.15) is 19.3 Å². The first kappa shape index (κ1) is 23.0. The minimum Gasteiger partial charge on any atom is -0.475 e. The van der Waals surface area contributed by atoms with E-state index in [0.717, 1.165) is 32.0 Å². The van der Waals surface area contributed by atoms with Crippen molar-refractivity contribution in [3.05, 3.63) is 12.5 Å². The maximum Gasteiger partial charge on any atom is 0.490 e. The number of carboxylic acids is 1. The van der Waals surface area contributed by atoms with Gasteiger partial charge in [0.25, 0.3) is 10.0 Å². The molecule has 1 aliphatic carbocycles. The number of sulfonamides is 1. The second kappa shape index (κ2) is 8.81. The van der Waals surface area contributed by atoms with Gasteiger partial charge in [-0.3, -0.25) is 4.90 Å². The van der Waals surface area contributed by atoms with Gasteiger partial charge < -0.3 is 14.4 Å². The Morgan fingerprint density at radius 1 is 1.30 bits per heavy atom. The van der Waals surface area contributed by atoms with Crippen LogP contribution in [0.15, 0.2) is 17.6 Å². The van der Waals surface area contributed by atoms with E-state index in [-0.39, 0.29) is 17.2 Å². The van der Waals surface area contributed by atoms with Crippen molar-refractivity contribution in [3.63, 3.8) is 0 Å². The van der Waals surface area contributed by atoms with Crippen LogP contribution in [0, 0.1) is 5.92 Å². The molecule has 30 heavy (non-hydrogen) atoms. The van der Waals surface area contributed by atoms with E-state index in [0.29, 0.717) is 13.1 Å². The van der Waals surface area contributed by atoms with E-state index in [4.69, 9.17) is 14.6 Å². The Morgan fingerprint density at radius 2 is 1.97 bits per heavy atom. The molecule has 0 bridgehead atoms. The third kappa shape index (κ3) is 5.71. The molecule has 0 unspecified atom stereocenters. The molecule has 3 heterocycles. The highest BCUT2D eigenvalue weighted by Crippen LogP contribution is 2.32. The third-order valence-corrected chi connectivity index (χ3v) is 7.08. The zero-order chi connectivity index (χ0) is 22.1. The fraction of sp³-hybridized carbons (Fsp3) is 0.765. The highest BCUT2D eigenvalue weighted by atomic mass is 32.2. The monoisotopic (exact) mass is 454 g/mol. The topological polar surface area (TPSA) is 105 Å². The Hall–Kier alpha value is -1.70. The van der Waals surface area contributed by atoms with Crippen molar-refractivity contribution >= 4 is 16.0 Å². The Labute approximate surface area is 172 Å². The molecule has 1 aromatic heterocycles. The number of alkyl halides is 3. The quantitative estimate of drug-likeness (QED) is 0.706. The van der Waals surface area contributed by atoms with Gasteiger partial charge in [-0.15, -0.1) is 0 Å². The molecule has 3 aliphatic rings. The van der Waals surface area contributed by atoms with Crippen LogP contribution in [-0.4, -0.2) is 89.4 Å². The van der Waals surface area contributed by atoms with E-state index in [1.807, 2.05) is 0 Å². The number of rotatable bonds is 5. The molecule has 9 nitrogen and oxygen atoms in total. The number of nitrogens with zero attached hydrogens (tertiary/aromatic N) is 4. The predicted octanol–water partition coefficient (Wildman–Crippen LogP) is 0.927. The number of fused-ring (bicyclic) bond motifs is 1. The zero-order valence-electron chi connectivity index (χ0n) is 16.5. The summed E-state index contributed by atoms with van der Waals surface area (Å²) >= 11 is 0. The summed E-state index contributed by atoms with van der Waals surface area (Å²) < 4.78 is 66.4. The molecule has 0 radical (unpaired) electrons. The van der Waals surface area contributed by atoms with Gasteiger partial charge in [-0.1, -0.05) is 0 Å². The van der Waals surface area contributed by atoms with Crippen molar-refractivity contribution < 1.29 is 36.2 Å². The second-order valence-electron chi connectivity index (χ2n) is 7.83. The summed E-state index contributed by atoms with van der Waals surface area (Å²) in [5.74, 6) is -1.99. The summed E-state index contributed by atoms with van der Waals surface area (Å²) in [4.78, 5) is 15.3. The number of carbonyl (C=O) groups is 1. The maximum absolute atomic E-state index is 12.7. The Balaban J connectivity index is 0.000000318. The Morgan fingerprint density at radius 3 is 2.50 bits per heavy atom. The van der Waals surface area contributed by atoms with Crippen LogP contribution in [0.4, 0.5) is 13.2 Å². The van der Waals surface area contributed by atoms with Crippen LogP contribution >= 0.6 is 0 Å². The molecular formula is C17H25F3N4O5S. The summed E-state index contributed by atoms with van der Waals surface area (Å²) in [5.41, 5.74) is 0. The molecule has 0 amide bonds. The number of carboxylic acid groups (broad SMARTS) is 1. The lowest BCUT2D eigenvalue weighted by Crippen LogP contribution is -2.51. The molecule has 2 atom stereocenters. The van der Waals surface area contributed by atoms with Gasteiger partial charge in [-0.25, -0.2) is 18.2 Å². The molecule has 13 heteroatoms. The van der Waals surface area contributed by atoms with Crippen LogP contribution in [0.25, 0.3) is 0 Å². The molecule has 2 aliphatic heterocycles. The van der Waals surface area contributed by atoms with Crippen molar-refractivity contribution in [2.24, 2.45) is 13.0 Å². The van der Waals surface area contributed by atoms with Gasteiger partial charge in [0.15, 0.2) is 5.03 Å². The first-order valence-corrected chi connectivity index (χ1v) is 11.0. The fourth-order valence-electron chi connectivity index (χ4n) is 3.52. The van der Waals surface area contributed by atoms with Gasteiger partial charge in [-0.2, -0.15) is 17.5 Å². The number of ether oxygens (including phenoxy) is 1. The minimum absolute atomic E-state index is 0.146. The van der Waals surface area contributed by atoms with Gasteiger partial charge in [0.1, 0.15) is 0 Å². The number of aryl methyl sites for hydroxylation is 1. The Kier molecular flexibility index (Phi) is 6.75. The van der Waals surface area contributed by atoms with Gasteiger partial charge in [-0.05, 0) is 25.2 Å². The Bertz CT molecular complexity index is 856. The van der Waals surface area contributed by atoms with Crippen molar-refractivity contribution in [1.29, 1.82) is 0 Å². The zero-order valence-corrected chi connectivity index (χ0v) is 17.3. The molecule has 0 aromatic carbocycles. The fourth-order valence-corrected chi connectivity index (χ4v) is 4.95. The average molecular weight is 454 g/mol. The number of aromatic nitrogens is 2. The SMILES string of the molecule is Cn1cnc(S(=O)(=O)N2CCN3C[C@H](OCC4CC4)C[C@H]3C2)c1.O=C(O)C(F)(F)F. The van der Waals surface area contributed by atoms with Crippen LogP contribution in [0.3, 0.4) is 0 Å². The van der Waals surface area contributed by atoms with Crippen LogP contribution < -0.4 is 0 Å². The minimum atomic E-state index is -5.08. The lowest BCUT2D eigenvalue weighted by atomic mass is 10.2. The standard InChI is InChI=1S/C15H24N4O3S.C2HF3O2/c1-17-9-15(16-11-17)23(20,21)19-5-4-18-8-14(6-13(18)7-19)22-10-12-2-3-12;3-2(4,5)1(6)7/h9,11-14H,2-8,10H2,1H3;(H,6,7)/t13-,14+;/m0./s1. The molecule has 1 aromatic rings. The van der Waals surface area contributed by atoms with Crippen LogP contribution in [0.5, 0.6) is 0 Å². The number of piperazine rings is 1. The molecular weight excluding hydrogens is 429 g/mol.